The van der Waals surface area contributed by atoms with Crippen LogP contribution in [0.1, 0.15) is 11.1 Å². The van der Waals surface area contributed by atoms with Crippen molar-refractivity contribution < 1.29 is 31.1 Å². The van der Waals surface area contributed by atoms with Gasteiger partial charge < -0.3 is 14.4 Å². The van der Waals surface area contributed by atoms with E-state index in [-0.39, 0.29) is 18.2 Å². The number of likely N-dealkylation sites (N-methyl/N-ethyl adjacent to an activating group) is 1. The molecule has 4 aromatic rings. The van der Waals surface area contributed by atoms with Crippen LogP contribution in [0.4, 0.5) is 24.5 Å². The lowest BCUT2D eigenvalue weighted by Gasteiger charge is -2.28. The quantitative estimate of drug-likeness (QED) is 0.381. The van der Waals surface area contributed by atoms with Gasteiger partial charge in [0.05, 0.1) is 28.2 Å². The number of benzene rings is 2. The molecule has 0 bridgehead atoms. The molecular formula is C25H21F3N4O4S. The van der Waals surface area contributed by atoms with Crippen molar-refractivity contribution in [2.24, 2.45) is 0 Å². The molecule has 0 unspecified atom stereocenters. The Morgan fingerprint density at radius 3 is 2.76 bits per heavy atom. The Morgan fingerprint density at radius 1 is 1.14 bits per heavy atom. The van der Waals surface area contributed by atoms with Gasteiger partial charge in [0.2, 0.25) is 5.88 Å². The van der Waals surface area contributed by atoms with Crippen molar-refractivity contribution in [2.45, 2.75) is 17.7 Å². The number of sulfonamides is 1. The minimum absolute atomic E-state index is 0.0117. The second kappa shape index (κ2) is 9.43. The van der Waals surface area contributed by atoms with Crippen LogP contribution in [0.5, 0.6) is 11.6 Å². The van der Waals surface area contributed by atoms with Crippen molar-refractivity contribution >= 4 is 32.3 Å². The third-order valence-corrected chi connectivity index (χ3v) is 7.23. The summed E-state index contributed by atoms with van der Waals surface area (Å²) in [5.41, 5.74) is 0.745. The van der Waals surface area contributed by atoms with Gasteiger partial charge in [0.15, 0.2) is 0 Å². The van der Waals surface area contributed by atoms with Crippen molar-refractivity contribution in [2.75, 3.05) is 29.8 Å². The lowest BCUT2D eigenvalue weighted by Crippen LogP contribution is -2.28. The van der Waals surface area contributed by atoms with Crippen molar-refractivity contribution in [3.63, 3.8) is 0 Å². The third-order valence-electron chi connectivity index (χ3n) is 5.80. The molecule has 0 radical (unpaired) electrons. The van der Waals surface area contributed by atoms with Crippen LogP contribution in [0.15, 0.2) is 71.9 Å². The van der Waals surface area contributed by atoms with Crippen molar-refractivity contribution in [3.05, 3.63) is 78.1 Å². The predicted molar refractivity (Wildman–Crippen MR) is 131 cm³/mol. The lowest BCUT2D eigenvalue weighted by atomic mass is 10.1. The number of anilines is 2. The first-order valence-electron chi connectivity index (χ1n) is 11.2. The first-order valence-corrected chi connectivity index (χ1v) is 12.6. The lowest BCUT2D eigenvalue weighted by molar-refractivity contribution is -0.139. The number of pyridine rings is 2. The molecule has 1 N–H and O–H groups in total. The van der Waals surface area contributed by atoms with Crippen molar-refractivity contribution in [3.8, 4) is 11.6 Å². The van der Waals surface area contributed by atoms with E-state index in [4.69, 9.17) is 9.47 Å². The number of rotatable bonds is 6. The van der Waals surface area contributed by atoms with Crippen LogP contribution in [0.2, 0.25) is 0 Å². The summed E-state index contributed by atoms with van der Waals surface area (Å²) in [6, 6.07) is 12.5. The topological polar surface area (TPSA) is 93.7 Å². The minimum Gasteiger partial charge on any atom is -0.490 e. The van der Waals surface area contributed by atoms with Gasteiger partial charge in [0, 0.05) is 24.8 Å². The fourth-order valence-electron chi connectivity index (χ4n) is 3.96. The Bertz CT molecular complexity index is 1580. The maximum atomic E-state index is 13.5. The highest BCUT2D eigenvalue weighted by Gasteiger charge is 2.37. The molecule has 0 aliphatic carbocycles. The molecule has 0 fully saturated rings. The molecule has 5 rings (SSSR count). The van der Waals surface area contributed by atoms with Crippen LogP contribution in [0.3, 0.4) is 0 Å². The van der Waals surface area contributed by atoms with Crippen molar-refractivity contribution in [1.82, 2.24) is 9.97 Å². The normalized spacial score (nSPS) is 13.7. The Morgan fingerprint density at radius 2 is 1.95 bits per heavy atom. The summed E-state index contributed by atoms with van der Waals surface area (Å²) in [5.74, 6) is 0.597. The van der Waals surface area contributed by atoms with E-state index in [0.29, 0.717) is 29.3 Å². The number of halogens is 3. The fraction of sp³-hybridized carbons (Fsp3) is 0.200. The average molecular weight is 531 g/mol. The molecule has 192 valence electrons. The molecule has 2 aromatic carbocycles. The van der Waals surface area contributed by atoms with Crippen LogP contribution in [-0.2, 0) is 22.8 Å². The molecule has 0 saturated heterocycles. The smallest absolute Gasteiger partial charge is 0.417 e. The molecule has 0 saturated carbocycles. The van der Waals surface area contributed by atoms with Gasteiger partial charge in [-0.05, 0) is 42.0 Å². The van der Waals surface area contributed by atoms with Gasteiger partial charge in [0.1, 0.15) is 24.7 Å². The number of alkyl halides is 3. The maximum Gasteiger partial charge on any atom is 0.417 e. The zero-order valence-electron chi connectivity index (χ0n) is 19.5. The number of aromatic nitrogens is 2. The van der Waals surface area contributed by atoms with Crippen LogP contribution in [0, 0.1) is 0 Å². The average Bonchev–Trinajstić information content (AvgIpc) is 2.87. The molecule has 3 heterocycles. The van der Waals surface area contributed by atoms with Gasteiger partial charge in [-0.2, -0.15) is 13.2 Å². The summed E-state index contributed by atoms with van der Waals surface area (Å²) in [6.45, 7) is 1.32. The largest absolute Gasteiger partial charge is 0.490 e. The second-order valence-electron chi connectivity index (χ2n) is 8.37. The summed E-state index contributed by atoms with van der Waals surface area (Å²) >= 11 is 0. The zero-order chi connectivity index (χ0) is 26.2. The van der Waals surface area contributed by atoms with E-state index in [2.05, 4.69) is 19.6 Å². The minimum atomic E-state index is -4.86. The standard InChI is InChI=1S/C25H21F3N4O4S/c1-32-10-11-35-22-12-16(6-7-21(22)32)15-36-24-20(13-17-14-29-9-8-19(17)30-24)31-37(33,34)23-5-3-2-4-18(23)25(26,27)28/h2-9,12-14,31H,10-11,15H2,1H3. The summed E-state index contributed by atoms with van der Waals surface area (Å²) in [7, 11) is -2.70. The first-order chi connectivity index (χ1) is 17.6. The first kappa shape index (κ1) is 24.6. The second-order valence-corrected chi connectivity index (χ2v) is 10.0. The molecule has 12 heteroatoms. The summed E-state index contributed by atoms with van der Waals surface area (Å²) in [4.78, 5) is 9.55. The van der Waals surface area contributed by atoms with E-state index in [1.54, 1.807) is 6.07 Å². The summed E-state index contributed by atoms with van der Waals surface area (Å²) in [5, 5.41) is 0.474. The molecule has 0 amide bonds. The third kappa shape index (κ3) is 5.10. The Kier molecular flexibility index (Phi) is 6.28. The summed E-state index contributed by atoms with van der Waals surface area (Å²) < 4.78 is 80.5. The molecule has 1 aliphatic heterocycles. The van der Waals surface area contributed by atoms with Gasteiger partial charge in [0.25, 0.3) is 10.0 Å². The van der Waals surface area contributed by atoms with Gasteiger partial charge in [-0.1, -0.05) is 18.2 Å². The van der Waals surface area contributed by atoms with Gasteiger partial charge in [-0.25, -0.2) is 13.4 Å². The van der Waals surface area contributed by atoms with Gasteiger partial charge in [-0.3, -0.25) is 9.71 Å². The molecule has 1 aliphatic rings. The van der Waals surface area contributed by atoms with Gasteiger partial charge >= 0.3 is 6.18 Å². The SMILES string of the molecule is CN1CCOc2cc(COc3nc4ccncc4cc3NS(=O)(=O)c3ccccc3C(F)(F)F)ccc21. The van der Waals surface area contributed by atoms with Crippen LogP contribution in [0.25, 0.3) is 10.9 Å². The summed E-state index contributed by atoms with van der Waals surface area (Å²) in [6.07, 6.45) is -1.89. The monoisotopic (exact) mass is 530 g/mol. The number of hydrogen-bond donors (Lipinski definition) is 1. The van der Waals surface area contributed by atoms with E-state index >= 15 is 0 Å². The van der Waals surface area contributed by atoms with E-state index in [9.17, 15) is 21.6 Å². The molecule has 2 aromatic heterocycles. The number of hydrogen-bond acceptors (Lipinski definition) is 7. The fourth-order valence-corrected chi connectivity index (χ4v) is 5.24. The molecule has 8 nitrogen and oxygen atoms in total. The maximum absolute atomic E-state index is 13.5. The number of nitrogens with zero attached hydrogens (tertiary/aromatic N) is 3. The number of fused-ring (bicyclic) bond motifs is 2. The van der Waals surface area contributed by atoms with E-state index in [1.807, 2.05) is 25.2 Å². The highest BCUT2D eigenvalue weighted by Crippen LogP contribution is 2.36. The zero-order valence-corrected chi connectivity index (χ0v) is 20.3. The van der Waals surface area contributed by atoms with Crippen LogP contribution in [-0.4, -0.2) is 38.6 Å². The van der Waals surface area contributed by atoms with Crippen molar-refractivity contribution in [1.29, 1.82) is 0 Å². The molecular weight excluding hydrogens is 509 g/mol. The Labute approximate surface area is 210 Å². The van der Waals surface area contributed by atoms with E-state index in [1.165, 1.54) is 24.5 Å². The predicted octanol–water partition coefficient (Wildman–Crippen LogP) is 4.86. The number of nitrogens with one attached hydrogen (secondary N) is 1. The van der Waals surface area contributed by atoms with E-state index in [0.717, 1.165) is 29.9 Å². The van der Waals surface area contributed by atoms with Crippen LogP contribution >= 0.6 is 0 Å². The molecule has 0 spiro atoms. The highest BCUT2D eigenvalue weighted by molar-refractivity contribution is 7.92. The van der Waals surface area contributed by atoms with Gasteiger partial charge in [-0.15, -0.1) is 0 Å². The Hall–Kier alpha value is -4.06. The molecule has 0 atom stereocenters. The number of ether oxygens (including phenoxy) is 2. The van der Waals surface area contributed by atoms with E-state index < -0.39 is 26.7 Å². The van der Waals surface area contributed by atoms with Crippen LogP contribution < -0.4 is 19.1 Å². The molecule has 37 heavy (non-hydrogen) atoms. The Balaban J connectivity index is 1.49. The highest BCUT2D eigenvalue weighted by atomic mass is 32.2.